The highest BCUT2D eigenvalue weighted by Crippen LogP contribution is 2.15. The smallest absolute Gasteiger partial charge is 0.242 e. The number of benzene rings is 1. The number of hydrogen-bond donors (Lipinski definition) is 1. The third-order valence-electron chi connectivity index (χ3n) is 3.71. The molecule has 22 heavy (non-hydrogen) atoms. The zero-order valence-corrected chi connectivity index (χ0v) is 14.5. The molecule has 4 nitrogen and oxygen atoms in total. The molecule has 0 radical (unpaired) electrons. The van der Waals surface area contributed by atoms with Crippen molar-refractivity contribution in [1.29, 1.82) is 0 Å². The van der Waals surface area contributed by atoms with E-state index in [-0.39, 0.29) is 17.9 Å². The standard InChI is InChI=1S/C17H25ClN2O2/c1-5-12(3)19-17(22)13(4)20(16(21)6-2)11-14-8-7-9-15(18)10-14/h7-10,12-13H,5-6,11H2,1-4H3,(H,19,22)/t12-,13-/m0/s1. The van der Waals surface area contributed by atoms with Gasteiger partial charge in [-0.05, 0) is 38.0 Å². The molecule has 2 atom stereocenters. The van der Waals surface area contributed by atoms with Crippen molar-refractivity contribution in [2.24, 2.45) is 0 Å². The monoisotopic (exact) mass is 324 g/mol. The molecule has 0 saturated heterocycles. The van der Waals surface area contributed by atoms with Crippen LogP contribution in [0.25, 0.3) is 0 Å². The maximum absolute atomic E-state index is 12.3. The largest absolute Gasteiger partial charge is 0.352 e. The van der Waals surface area contributed by atoms with Crippen molar-refractivity contribution in [2.75, 3.05) is 0 Å². The number of amides is 2. The average Bonchev–Trinajstić information content (AvgIpc) is 2.51. The fourth-order valence-electron chi connectivity index (χ4n) is 2.08. The summed E-state index contributed by atoms with van der Waals surface area (Å²) in [6.07, 6.45) is 1.22. The highest BCUT2D eigenvalue weighted by Gasteiger charge is 2.25. The van der Waals surface area contributed by atoms with E-state index in [4.69, 9.17) is 11.6 Å². The van der Waals surface area contributed by atoms with Crippen LogP contribution in [-0.4, -0.2) is 28.8 Å². The van der Waals surface area contributed by atoms with E-state index in [0.29, 0.717) is 18.0 Å². The lowest BCUT2D eigenvalue weighted by Gasteiger charge is -2.29. The maximum Gasteiger partial charge on any atom is 0.242 e. The van der Waals surface area contributed by atoms with Crippen LogP contribution in [0.4, 0.5) is 0 Å². The summed E-state index contributed by atoms with van der Waals surface area (Å²) in [5.41, 5.74) is 0.914. The minimum absolute atomic E-state index is 0.0493. The first kappa shape index (κ1) is 18.5. The van der Waals surface area contributed by atoms with Crippen LogP contribution in [0.15, 0.2) is 24.3 Å². The average molecular weight is 325 g/mol. The molecule has 1 aromatic carbocycles. The Morgan fingerprint density at radius 2 is 1.95 bits per heavy atom. The van der Waals surface area contributed by atoms with Gasteiger partial charge in [-0.3, -0.25) is 9.59 Å². The highest BCUT2D eigenvalue weighted by atomic mass is 35.5. The van der Waals surface area contributed by atoms with Crippen molar-refractivity contribution in [3.05, 3.63) is 34.9 Å². The maximum atomic E-state index is 12.3. The Labute approximate surface area is 137 Å². The van der Waals surface area contributed by atoms with Crippen LogP contribution in [0.2, 0.25) is 5.02 Å². The van der Waals surface area contributed by atoms with Crippen molar-refractivity contribution in [3.63, 3.8) is 0 Å². The summed E-state index contributed by atoms with van der Waals surface area (Å²) in [7, 11) is 0. The van der Waals surface area contributed by atoms with Gasteiger partial charge in [0.15, 0.2) is 0 Å². The van der Waals surface area contributed by atoms with E-state index in [0.717, 1.165) is 12.0 Å². The summed E-state index contributed by atoms with van der Waals surface area (Å²) < 4.78 is 0. The molecule has 0 fully saturated rings. The third kappa shape index (κ3) is 5.34. The molecule has 0 aromatic heterocycles. The van der Waals surface area contributed by atoms with E-state index in [1.807, 2.05) is 32.0 Å². The summed E-state index contributed by atoms with van der Waals surface area (Å²) in [4.78, 5) is 26.1. The molecule has 2 amide bonds. The van der Waals surface area contributed by atoms with Crippen LogP contribution in [0.5, 0.6) is 0 Å². The molecule has 0 saturated carbocycles. The Morgan fingerprint density at radius 1 is 1.27 bits per heavy atom. The van der Waals surface area contributed by atoms with Gasteiger partial charge in [-0.2, -0.15) is 0 Å². The predicted octanol–water partition coefficient (Wildman–Crippen LogP) is 3.38. The van der Waals surface area contributed by atoms with Crippen LogP contribution in [0, 0.1) is 0 Å². The molecule has 0 aliphatic heterocycles. The van der Waals surface area contributed by atoms with E-state index in [1.165, 1.54) is 0 Å². The number of rotatable bonds is 7. The van der Waals surface area contributed by atoms with Crippen LogP contribution in [0.3, 0.4) is 0 Å². The summed E-state index contributed by atoms with van der Waals surface area (Å²) >= 11 is 5.99. The second kappa shape index (κ2) is 8.79. The Hall–Kier alpha value is -1.55. The Bertz CT molecular complexity index is 519. The first-order chi connectivity index (χ1) is 10.4. The van der Waals surface area contributed by atoms with Gasteiger partial charge in [-0.1, -0.05) is 37.6 Å². The number of halogens is 1. The highest BCUT2D eigenvalue weighted by molar-refractivity contribution is 6.30. The summed E-state index contributed by atoms with van der Waals surface area (Å²) in [5, 5.41) is 3.55. The molecule has 0 spiro atoms. The number of carbonyl (C=O) groups is 2. The molecule has 1 rings (SSSR count). The van der Waals surface area contributed by atoms with Crippen LogP contribution in [0.1, 0.15) is 46.1 Å². The van der Waals surface area contributed by atoms with Crippen LogP contribution >= 0.6 is 11.6 Å². The predicted molar refractivity (Wildman–Crippen MR) is 89.7 cm³/mol. The number of carbonyl (C=O) groups excluding carboxylic acids is 2. The number of nitrogens with zero attached hydrogens (tertiary/aromatic N) is 1. The minimum Gasteiger partial charge on any atom is -0.352 e. The zero-order chi connectivity index (χ0) is 16.7. The van der Waals surface area contributed by atoms with Crippen molar-refractivity contribution in [3.8, 4) is 0 Å². The van der Waals surface area contributed by atoms with Crippen molar-refractivity contribution in [1.82, 2.24) is 10.2 Å². The molecule has 122 valence electrons. The van der Waals surface area contributed by atoms with E-state index in [9.17, 15) is 9.59 Å². The number of nitrogens with one attached hydrogen (secondary N) is 1. The molecule has 0 aliphatic carbocycles. The molecule has 0 bridgehead atoms. The van der Waals surface area contributed by atoms with Crippen LogP contribution < -0.4 is 5.32 Å². The topological polar surface area (TPSA) is 49.4 Å². The molecule has 5 heteroatoms. The fraction of sp³-hybridized carbons (Fsp3) is 0.529. The van der Waals surface area contributed by atoms with E-state index >= 15 is 0 Å². The van der Waals surface area contributed by atoms with Gasteiger partial charge in [-0.15, -0.1) is 0 Å². The normalized spacial score (nSPS) is 13.3. The molecular formula is C17H25ClN2O2. The second-order valence-electron chi connectivity index (χ2n) is 5.50. The van der Waals surface area contributed by atoms with Crippen molar-refractivity contribution in [2.45, 2.75) is 59.2 Å². The molecule has 0 aliphatic rings. The molecule has 1 aromatic rings. The molecule has 0 heterocycles. The Balaban J connectivity index is 2.88. The minimum atomic E-state index is -0.513. The lowest BCUT2D eigenvalue weighted by atomic mass is 10.1. The van der Waals surface area contributed by atoms with Gasteiger partial charge in [0, 0.05) is 24.0 Å². The van der Waals surface area contributed by atoms with Gasteiger partial charge >= 0.3 is 0 Å². The summed E-state index contributed by atoms with van der Waals surface area (Å²) in [6.45, 7) is 7.90. The first-order valence-electron chi connectivity index (χ1n) is 7.73. The molecular weight excluding hydrogens is 300 g/mol. The van der Waals surface area contributed by atoms with Gasteiger partial charge in [0.05, 0.1) is 0 Å². The van der Waals surface area contributed by atoms with Gasteiger partial charge < -0.3 is 10.2 Å². The first-order valence-corrected chi connectivity index (χ1v) is 8.11. The van der Waals surface area contributed by atoms with Gasteiger partial charge in [-0.25, -0.2) is 0 Å². The van der Waals surface area contributed by atoms with E-state index in [2.05, 4.69) is 5.32 Å². The van der Waals surface area contributed by atoms with E-state index in [1.54, 1.807) is 24.8 Å². The second-order valence-corrected chi connectivity index (χ2v) is 5.94. The summed E-state index contributed by atoms with van der Waals surface area (Å²) in [6, 6.07) is 6.93. The lowest BCUT2D eigenvalue weighted by molar-refractivity contribution is -0.140. The fourth-order valence-corrected chi connectivity index (χ4v) is 2.30. The van der Waals surface area contributed by atoms with Gasteiger partial charge in [0.1, 0.15) is 6.04 Å². The Kier molecular flexibility index (Phi) is 7.39. The summed E-state index contributed by atoms with van der Waals surface area (Å²) in [5.74, 6) is -0.176. The third-order valence-corrected chi connectivity index (χ3v) is 3.95. The van der Waals surface area contributed by atoms with Crippen molar-refractivity contribution < 1.29 is 9.59 Å². The zero-order valence-electron chi connectivity index (χ0n) is 13.7. The molecule has 1 N–H and O–H groups in total. The molecule has 0 unspecified atom stereocenters. The van der Waals surface area contributed by atoms with Crippen molar-refractivity contribution >= 4 is 23.4 Å². The SMILES string of the molecule is CCC(=O)N(Cc1cccc(Cl)c1)[C@@H](C)C(=O)N[C@@H](C)CC. The van der Waals surface area contributed by atoms with Crippen LogP contribution in [-0.2, 0) is 16.1 Å². The van der Waals surface area contributed by atoms with Gasteiger partial charge in [0.25, 0.3) is 0 Å². The quantitative estimate of drug-likeness (QED) is 0.836. The lowest BCUT2D eigenvalue weighted by Crippen LogP contribution is -2.49. The Morgan fingerprint density at radius 3 is 2.50 bits per heavy atom. The van der Waals surface area contributed by atoms with E-state index < -0.39 is 6.04 Å². The number of hydrogen-bond acceptors (Lipinski definition) is 2. The van der Waals surface area contributed by atoms with Gasteiger partial charge in [0.2, 0.25) is 11.8 Å².